The van der Waals surface area contributed by atoms with Crippen molar-refractivity contribution in [1.82, 2.24) is 24.8 Å². The average Bonchev–Trinajstić information content (AvgIpc) is 3.11. The first-order valence-electron chi connectivity index (χ1n) is 8.81. The summed E-state index contributed by atoms with van der Waals surface area (Å²) in [5.41, 5.74) is 0. The number of carbonyl (C=O) groups is 1. The van der Waals surface area contributed by atoms with E-state index >= 15 is 0 Å². The van der Waals surface area contributed by atoms with Gasteiger partial charge >= 0.3 is 0 Å². The van der Waals surface area contributed by atoms with Crippen LogP contribution in [0.5, 0.6) is 0 Å². The Bertz CT molecular complexity index is 536. The van der Waals surface area contributed by atoms with E-state index in [-0.39, 0.29) is 11.9 Å². The van der Waals surface area contributed by atoms with E-state index in [9.17, 15) is 4.79 Å². The van der Waals surface area contributed by atoms with E-state index in [2.05, 4.69) is 26.9 Å². The lowest BCUT2D eigenvalue weighted by Crippen LogP contribution is -2.51. The van der Waals surface area contributed by atoms with Crippen LogP contribution in [0, 0.1) is 0 Å². The minimum absolute atomic E-state index is 0.120. The molecule has 1 amide bonds. The van der Waals surface area contributed by atoms with Crippen molar-refractivity contribution < 1.29 is 14.1 Å². The second-order valence-electron chi connectivity index (χ2n) is 6.38. The van der Waals surface area contributed by atoms with Gasteiger partial charge < -0.3 is 14.2 Å². The number of hydrogen-bond donors (Lipinski definition) is 0. The molecule has 0 aromatic carbocycles. The Hall–Kier alpha value is -1.51. The van der Waals surface area contributed by atoms with Crippen molar-refractivity contribution in [1.29, 1.82) is 0 Å². The summed E-state index contributed by atoms with van der Waals surface area (Å²) in [4.78, 5) is 23.2. The average molecular weight is 337 g/mol. The number of amides is 1. The molecule has 2 aliphatic rings. The number of nitrogens with zero attached hydrogens (tertiary/aromatic N) is 5. The van der Waals surface area contributed by atoms with Gasteiger partial charge in [-0.1, -0.05) is 12.1 Å². The molecule has 134 valence electrons. The second-order valence-corrected chi connectivity index (χ2v) is 6.38. The number of rotatable bonds is 5. The predicted octanol–water partition coefficient (Wildman–Crippen LogP) is 0.169. The van der Waals surface area contributed by atoms with E-state index in [1.54, 1.807) is 0 Å². The third-order valence-electron chi connectivity index (χ3n) is 4.83. The van der Waals surface area contributed by atoms with E-state index in [0.717, 1.165) is 38.4 Å². The van der Waals surface area contributed by atoms with Gasteiger partial charge in [-0.3, -0.25) is 14.6 Å². The van der Waals surface area contributed by atoms with Crippen LogP contribution >= 0.6 is 0 Å². The van der Waals surface area contributed by atoms with Crippen molar-refractivity contribution in [3.63, 3.8) is 0 Å². The summed E-state index contributed by atoms with van der Waals surface area (Å²) in [6.07, 6.45) is 0.785. The predicted molar refractivity (Wildman–Crippen MR) is 87.5 cm³/mol. The largest absolute Gasteiger partial charge is 0.378 e. The van der Waals surface area contributed by atoms with Crippen molar-refractivity contribution in [3.05, 3.63) is 11.7 Å². The first-order chi connectivity index (χ1) is 11.7. The summed E-state index contributed by atoms with van der Waals surface area (Å²) < 4.78 is 10.7. The van der Waals surface area contributed by atoms with Crippen LogP contribution in [0.2, 0.25) is 0 Å². The van der Waals surface area contributed by atoms with E-state index < -0.39 is 0 Å². The van der Waals surface area contributed by atoms with Crippen LogP contribution < -0.4 is 0 Å². The lowest BCUT2D eigenvalue weighted by molar-refractivity contribution is -0.137. The van der Waals surface area contributed by atoms with Gasteiger partial charge in [0.05, 0.1) is 25.8 Å². The monoisotopic (exact) mass is 337 g/mol. The van der Waals surface area contributed by atoms with E-state index in [1.807, 2.05) is 11.8 Å². The standard InChI is InChI=1S/C16H27N5O3/c1-3-14-17-16(24-18-14)13(2)20-6-4-19(5-7-20)12-15(22)21-8-10-23-11-9-21/h13H,3-12H2,1-2H3. The Morgan fingerprint density at radius 2 is 1.88 bits per heavy atom. The number of carbonyl (C=O) groups excluding carboxylic acids is 1. The highest BCUT2D eigenvalue weighted by atomic mass is 16.5. The normalized spacial score (nSPS) is 21.8. The Morgan fingerprint density at radius 3 is 2.50 bits per heavy atom. The molecule has 0 aliphatic carbocycles. The van der Waals surface area contributed by atoms with Gasteiger partial charge in [-0.2, -0.15) is 4.98 Å². The Labute approximate surface area is 142 Å². The molecule has 0 saturated carbocycles. The number of morpholine rings is 1. The van der Waals surface area contributed by atoms with Gasteiger partial charge in [0.1, 0.15) is 0 Å². The molecule has 2 saturated heterocycles. The first kappa shape index (κ1) is 17.3. The molecule has 3 rings (SSSR count). The fourth-order valence-electron chi connectivity index (χ4n) is 3.15. The van der Waals surface area contributed by atoms with E-state index in [4.69, 9.17) is 9.26 Å². The van der Waals surface area contributed by atoms with Gasteiger partial charge in [-0.05, 0) is 6.92 Å². The van der Waals surface area contributed by atoms with Crippen LogP contribution in [0.1, 0.15) is 31.6 Å². The Morgan fingerprint density at radius 1 is 1.17 bits per heavy atom. The maximum Gasteiger partial charge on any atom is 0.243 e. The van der Waals surface area contributed by atoms with Crippen LogP contribution in [0.15, 0.2) is 4.52 Å². The minimum Gasteiger partial charge on any atom is -0.378 e. The molecule has 0 radical (unpaired) electrons. The van der Waals surface area contributed by atoms with Crippen molar-refractivity contribution in [2.75, 3.05) is 59.0 Å². The molecule has 0 bridgehead atoms. The Balaban J connectivity index is 1.45. The van der Waals surface area contributed by atoms with E-state index in [1.165, 1.54) is 0 Å². The summed E-state index contributed by atoms with van der Waals surface area (Å²) in [5, 5.41) is 3.97. The number of hydrogen-bond acceptors (Lipinski definition) is 7. The summed E-state index contributed by atoms with van der Waals surface area (Å²) in [6.45, 7) is 10.9. The number of piperazine rings is 1. The lowest BCUT2D eigenvalue weighted by atomic mass is 10.2. The molecule has 1 atom stereocenters. The van der Waals surface area contributed by atoms with Gasteiger partial charge in [0.15, 0.2) is 5.82 Å². The van der Waals surface area contributed by atoms with Crippen molar-refractivity contribution in [2.24, 2.45) is 0 Å². The number of aromatic nitrogens is 2. The van der Waals surface area contributed by atoms with Crippen LogP contribution in [0.3, 0.4) is 0 Å². The third kappa shape index (κ3) is 4.12. The molecule has 1 aromatic rings. The molecule has 2 fully saturated rings. The fraction of sp³-hybridized carbons (Fsp3) is 0.812. The molecular weight excluding hydrogens is 310 g/mol. The fourth-order valence-corrected chi connectivity index (χ4v) is 3.15. The topological polar surface area (TPSA) is 74.9 Å². The summed E-state index contributed by atoms with van der Waals surface area (Å²) >= 11 is 0. The zero-order valence-electron chi connectivity index (χ0n) is 14.6. The van der Waals surface area contributed by atoms with Crippen LogP contribution in [0.25, 0.3) is 0 Å². The van der Waals surface area contributed by atoms with Gasteiger partial charge in [-0.15, -0.1) is 0 Å². The Kier molecular flexibility index (Phi) is 5.80. The zero-order valence-corrected chi connectivity index (χ0v) is 14.6. The molecule has 8 heteroatoms. The van der Waals surface area contributed by atoms with Gasteiger partial charge in [0.25, 0.3) is 0 Å². The van der Waals surface area contributed by atoms with Gasteiger partial charge in [0.2, 0.25) is 11.8 Å². The number of ether oxygens (including phenoxy) is 1. The zero-order chi connectivity index (χ0) is 16.9. The molecule has 0 spiro atoms. The molecule has 2 aliphatic heterocycles. The van der Waals surface area contributed by atoms with Gasteiger partial charge in [-0.25, -0.2) is 0 Å². The maximum absolute atomic E-state index is 12.3. The second kappa shape index (κ2) is 8.04. The molecule has 0 N–H and O–H groups in total. The SMILES string of the molecule is CCc1noc(C(C)N2CCN(CC(=O)N3CCOCC3)CC2)n1. The highest BCUT2D eigenvalue weighted by Crippen LogP contribution is 2.20. The molecule has 1 unspecified atom stereocenters. The lowest BCUT2D eigenvalue weighted by Gasteiger charge is -2.37. The smallest absolute Gasteiger partial charge is 0.243 e. The van der Waals surface area contributed by atoms with Crippen molar-refractivity contribution in [2.45, 2.75) is 26.3 Å². The highest BCUT2D eigenvalue weighted by molar-refractivity contribution is 5.78. The number of aryl methyl sites for hydroxylation is 1. The van der Waals surface area contributed by atoms with Crippen LogP contribution in [0.4, 0.5) is 0 Å². The summed E-state index contributed by atoms with van der Waals surface area (Å²) in [7, 11) is 0. The summed E-state index contributed by atoms with van der Waals surface area (Å²) in [6, 6.07) is 0.120. The minimum atomic E-state index is 0.120. The first-order valence-corrected chi connectivity index (χ1v) is 8.81. The highest BCUT2D eigenvalue weighted by Gasteiger charge is 2.27. The summed E-state index contributed by atoms with van der Waals surface area (Å²) in [5.74, 6) is 1.65. The molecule has 8 nitrogen and oxygen atoms in total. The van der Waals surface area contributed by atoms with Crippen LogP contribution in [-0.4, -0.2) is 89.8 Å². The maximum atomic E-state index is 12.3. The molecule has 24 heavy (non-hydrogen) atoms. The van der Waals surface area contributed by atoms with E-state index in [0.29, 0.717) is 38.7 Å². The molecule has 1 aromatic heterocycles. The van der Waals surface area contributed by atoms with Gasteiger partial charge in [0, 0.05) is 45.7 Å². The molecular formula is C16H27N5O3. The molecule has 3 heterocycles. The van der Waals surface area contributed by atoms with Crippen molar-refractivity contribution >= 4 is 5.91 Å². The van der Waals surface area contributed by atoms with Crippen molar-refractivity contribution in [3.8, 4) is 0 Å². The quantitative estimate of drug-likeness (QED) is 0.758. The third-order valence-corrected chi connectivity index (χ3v) is 4.83. The van der Waals surface area contributed by atoms with Crippen LogP contribution in [-0.2, 0) is 16.0 Å².